The van der Waals surface area contributed by atoms with Gasteiger partial charge < -0.3 is 43.4 Å². The maximum Gasteiger partial charge on any atom is 0.331 e. The zero-order chi connectivity index (χ0) is 32.8. The van der Waals surface area contributed by atoms with Gasteiger partial charge >= 0.3 is 5.97 Å². The normalized spacial score (nSPS) is 48.8. The van der Waals surface area contributed by atoms with E-state index in [0.717, 1.165) is 42.4 Å². The highest BCUT2D eigenvalue weighted by Gasteiger charge is 2.71. The van der Waals surface area contributed by atoms with Crippen molar-refractivity contribution < 1.29 is 48.2 Å². The standard InChI is InChI=1S/C37H48O10/c1-21-32-29(46-33(47-32)22-4-6-24(42-3)7-5-22)17-31(44-21)45-25-8-13-35(20-38)27-9-12-34(2)26(23-16-30(39)43-19-23)11-15-37(34,41)28(27)10-14-36(35,40)18-25/h4-7,16,20-21,25-29,31-33,40-41H,8-15,17-19H2,1-3H3/t21-,25-,26-,27-,28-,29-,31+,32-,33+,34+,35-,36+,37+/m1/s1. The monoisotopic (exact) mass is 652 g/mol. The van der Waals surface area contributed by atoms with Crippen LogP contribution in [0.2, 0.25) is 0 Å². The Kier molecular flexibility index (Phi) is 7.70. The summed E-state index contributed by atoms with van der Waals surface area (Å²) >= 11 is 0. The molecule has 3 heterocycles. The molecule has 256 valence electrons. The van der Waals surface area contributed by atoms with Gasteiger partial charge in [-0.05, 0) is 93.7 Å². The number of aldehydes is 1. The van der Waals surface area contributed by atoms with Gasteiger partial charge in [0, 0.05) is 29.9 Å². The number of carbonyl (C=O) groups excluding carboxylic acids is 2. The fourth-order valence-electron chi connectivity index (χ4n) is 11.3. The number of hydrogen-bond donors (Lipinski definition) is 2. The fourth-order valence-corrected chi connectivity index (χ4v) is 11.3. The van der Waals surface area contributed by atoms with Crippen LogP contribution in [-0.4, -0.2) is 78.1 Å². The molecule has 0 unspecified atom stereocenters. The number of aliphatic hydroxyl groups is 2. The summed E-state index contributed by atoms with van der Waals surface area (Å²) in [6.07, 6.45) is 6.74. The molecule has 1 aromatic rings. The Morgan fingerprint density at radius 3 is 2.47 bits per heavy atom. The summed E-state index contributed by atoms with van der Waals surface area (Å²) in [4.78, 5) is 25.1. The Bertz CT molecular complexity index is 1430. The second-order valence-corrected chi connectivity index (χ2v) is 15.6. The Balaban J connectivity index is 0.948. The van der Waals surface area contributed by atoms with Crippen LogP contribution in [0.1, 0.15) is 89.9 Å². The molecule has 10 heteroatoms. The van der Waals surface area contributed by atoms with E-state index in [1.54, 1.807) is 13.2 Å². The second-order valence-electron chi connectivity index (χ2n) is 15.6. The summed E-state index contributed by atoms with van der Waals surface area (Å²) in [5.41, 5.74) is -1.62. The van der Waals surface area contributed by atoms with Crippen LogP contribution in [0.5, 0.6) is 5.75 Å². The van der Waals surface area contributed by atoms with Crippen LogP contribution in [0.3, 0.4) is 0 Å². The average Bonchev–Trinajstić information content (AvgIpc) is 3.76. The molecular formula is C37H48O10. The first-order valence-corrected chi connectivity index (χ1v) is 17.6. The van der Waals surface area contributed by atoms with Gasteiger partial charge in [0.05, 0.1) is 42.0 Å². The molecule has 2 N–H and O–H groups in total. The molecule has 0 amide bonds. The Morgan fingerprint density at radius 1 is 0.957 bits per heavy atom. The van der Waals surface area contributed by atoms with Gasteiger partial charge in [0.15, 0.2) is 12.6 Å². The number of cyclic esters (lactones) is 1. The zero-order valence-electron chi connectivity index (χ0n) is 27.6. The van der Waals surface area contributed by atoms with Crippen LogP contribution in [0.15, 0.2) is 35.9 Å². The van der Waals surface area contributed by atoms with E-state index in [4.69, 9.17) is 28.4 Å². The molecule has 4 saturated carbocycles. The molecule has 13 atom stereocenters. The molecule has 0 bridgehead atoms. The van der Waals surface area contributed by atoms with Crippen LogP contribution >= 0.6 is 0 Å². The number of methoxy groups -OCH3 is 1. The van der Waals surface area contributed by atoms with Gasteiger partial charge in [-0.2, -0.15) is 0 Å². The van der Waals surface area contributed by atoms with Crippen LogP contribution in [-0.2, 0) is 33.3 Å². The number of esters is 1. The van der Waals surface area contributed by atoms with Crippen molar-refractivity contribution in [3.05, 3.63) is 41.5 Å². The van der Waals surface area contributed by atoms with E-state index in [-0.39, 0.29) is 48.1 Å². The molecule has 7 aliphatic rings. The lowest BCUT2D eigenvalue weighted by molar-refractivity contribution is -0.278. The topological polar surface area (TPSA) is 130 Å². The van der Waals surface area contributed by atoms with Gasteiger partial charge in [0.2, 0.25) is 0 Å². The lowest BCUT2D eigenvalue weighted by atomic mass is 9.41. The predicted molar refractivity (Wildman–Crippen MR) is 167 cm³/mol. The lowest BCUT2D eigenvalue weighted by Crippen LogP contribution is -2.69. The zero-order valence-corrected chi connectivity index (χ0v) is 27.6. The van der Waals surface area contributed by atoms with Crippen LogP contribution in [0.25, 0.3) is 0 Å². The number of fused-ring (bicyclic) bond motifs is 6. The quantitative estimate of drug-likeness (QED) is 0.257. The van der Waals surface area contributed by atoms with Crippen LogP contribution in [0, 0.1) is 28.6 Å². The van der Waals surface area contributed by atoms with Crippen molar-refractivity contribution in [2.45, 2.75) is 126 Å². The predicted octanol–water partition coefficient (Wildman–Crippen LogP) is 4.55. The van der Waals surface area contributed by atoms with Crippen molar-refractivity contribution in [3.63, 3.8) is 0 Å². The average molecular weight is 653 g/mol. The summed E-state index contributed by atoms with van der Waals surface area (Å²) < 4.78 is 36.0. The largest absolute Gasteiger partial charge is 0.497 e. The molecule has 2 saturated heterocycles. The van der Waals surface area contributed by atoms with Gasteiger partial charge in [0.1, 0.15) is 24.7 Å². The SMILES string of the molecule is COc1ccc([C@@H]2O[C@@H]3[C@@H](C)O[C@@H](O[C@@H]4CC[C@@]5(C=O)[C@@H]6CC[C@@]7(C)[C@@H](C8=CC(=O)OC8)CC[C@]7(O)[C@@H]6CC[C@]5(O)C4)C[C@H]3O2)cc1. The molecule has 1 aromatic carbocycles. The first kappa shape index (κ1) is 31.9. The van der Waals surface area contributed by atoms with Gasteiger partial charge in [-0.15, -0.1) is 0 Å². The Labute approximate surface area is 276 Å². The third kappa shape index (κ3) is 4.72. The minimum atomic E-state index is -1.22. The Hall–Kier alpha value is -2.34. The van der Waals surface area contributed by atoms with E-state index >= 15 is 0 Å². The van der Waals surface area contributed by atoms with Crippen molar-refractivity contribution in [2.75, 3.05) is 13.7 Å². The number of benzene rings is 1. The molecule has 3 aliphatic heterocycles. The molecule has 0 spiro atoms. The number of rotatable bonds is 6. The number of hydrogen-bond acceptors (Lipinski definition) is 10. The van der Waals surface area contributed by atoms with Crippen LogP contribution < -0.4 is 4.74 Å². The molecule has 4 aliphatic carbocycles. The number of carbonyl (C=O) groups is 2. The van der Waals surface area contributed by atoms with Crippen molar-refractivity contribution in [1.29, 1.82) is 0 Å². The minimum Gasteiger partial charge on any atom is -0.497 e. The summed E-state index contributed by atoms with van der Waals surface area (Å²) in [5.74, 6) is 0.342. The maximum atomic E-state index is 13.2. The van der Waals surface area contributed by atoms with Crippen LogP contribution in [0.4, 0.5) is 0 Å². The molecule has 0 aromatic heterocycles. The van der Waals surface area contributed by atoms with Gasteiger partial charge in [0.25, 0.3) is 0 Å². The molecular weight excluding hydrogens is 604 g/mol. The summed E-state index contributed by atoms with van der Waals surface area (Å²) in [6, 6.07) is 7.66. The van der Waals surface area contributed by atoms with E-state index < -0.39 is 34.6 Å². The van der Waals surface area contributed by atoms with Crippen molar-refractivity contribution >= 4 is 12.3 Å². The molecule has 6 fully saturated rings. The van der Waals surface area contributed by atoms with E-state index in [2.05, 4.69) is 6.92 Å². The van der Waals surface area contributed by atoms with Crippen molar-refractivity contribution in [1.82, 2.24) is 0 Å². The third-order valence-electron chi connectivity index (χ3n) is 13.8. The number of ether oxygens (including phenoxy) is 6. The lowest BCUT2D eigenvalue weighted by Gasteiger charge is -2.65. The third-order valence-corrected chi connectivity index (χ3v) is 13.8. The molecule has 10 nitrogen and oxygen atoms in total. The van der Waals surface area contributed by atoms with E-state index in [9.17, 15) is 19.8 Å². The molecule has 8 rings (SSSR count). The summed E-state index contributed by atoms with van der Waals surface area (Å²) in [6.45, 7) is 4.44. The smallest absolute Gasteiger partial charge is 0.331 e. The maximum absolute atomic E-state index is 13.2. The van der Waals surface area contributed by atoms with Gasteiger partial charge in [-0.25, -0.2) is 4.79 Å². The highest BCUT2D eigenvalue weighted by atomic mass is 16.8. The van der Waals surface area contributed by atoms with Crippen molar-refractivity contribution in [2.24, 2.45) is 28.6 Å². The molecule has 0 radical (unpaired) electrons. The summed E-state index contributed by atoms with van der Waals surface area (Å²) in [7, 11) is 1.64. The van der Waals surface area contributed by atoms with Crippen molar-refractivity contribution in [3.8, 4) is 5.75 Å². The minimum absolute atomic E-state index is 0.0789. The first-order valence-electron chi connectivity index (χ1n) is 17.6. The van der Waals surface area contributed by atoms with Gasteiger partial charge in [-0.1, -0.05) is 19.1 Å². The second kappa shape index (κ2) is 11.4. The first-order chi connectivity index (χ1) is 22.5. The summed E-state index contributed by atoms with van der Waals surface area (Å²) in [5, 5.41) is 24.9. The molecule has 47 heavy (non-hydrogen) atoms. The Morgan fingerprint density at radius 2 is 1.74 bits per heavy atom. The van der Waals surface area contributed by atoms with E-state index in [0.29, 0.717) is 51.6 Å². The highest BCUT2D eigenvalue weighted by molar-refractivity contribution is 5.85. The van der Waals surface area contributed by atoms with E-state index in [1.807, 2.05) is 31.2 Å². The fraction of sp³-hybridized carbons (Fsp3) is 0.730. The highest BCUT2D eigenvalue weighted by Crippen LogP contribution is 2.70. The van der Waals surface area contributed by atoms with Gasteiger partial charge in [-0.3, -0.25) is 0 Å². The van der Waals surface area contributed by atoms with E-state index in [1.165, 1.54) is 0 Å².